The fourth-order valence-electron chi connectivity index (χ4n) is 8.22. The molecule has 0 N–H and O–H groups in total. The molecule has 0 atom stereocenters. The van der Waals surface area contributed by atoms with E-state index in [0.717, 1.165) is 0 Å². The summed E-state index contributed by atoms with van der Waals surface area (Å²) in [4.78, 5) is 0. The molecule has 6 aromatic rings. The average molecular weight is 611 g/mol. The van der Waals surface area contributed by atoms with Gasteiger partial charge in [-0.05, 0) is 136 Å². The molecule has 47 heavy (non-hydrogen) atoms. The summed E-state index contributed by atoms with van der Waals surface area (Å²) in [7, 11) is 0. The molecule has 0 spiro atoms. The Morgan fingerprint density at radius 2 is 0.617 bits per heavy atom. The van der Waals surface area contributed by atoms with E-state index in [4.69, 9.17) is 0 Å². The van der Waals surface area contributed by atoms with Gasteiger partial charge in [0, 0.05) is 0 Å². The highest BCUT2D eigenvalue weighted by molar-refractivity contribution is 6.96. The van der Waals surface area contributed by atoms with Gasteiger partial charge in [0.25, 0.3) is 0 Å². The van der Waals surface area contributed by atoms with Gasteiger partial charge >= 0.3 is 0 Å². The molecule has 234 valence electrons. The second-order valence-electron chi connectivity index (χ2n) is 13.6. The van der Waals surface area contributed by atoms with Gasteiger partial charge in [-0.2, -0.15) is 0 Å². The highest BCUT2D eigenvalue weighted by Crippen LogP contribution is 2.34. The van der Waals surface area contributed by atoms with Gasteiger partial charge in [-0.3, -0.25) is 0 Å². The minimum absolute atomic E-state index is 0.0988. The normalized spacial score (nSPS) is 11.2. The van der Waals surface area contributed by atoms with E-state index in [1.807, 2.05) is 0 Å². The van der Waals surface area contributed by atoms with Crippen molar-refractivity contribution in [3.8, 4) is 33.4 Å². The maximum Gasteiger partial charge on any atom is 0.242 e. The van der Waals surface area contributed by atoms with E-state index in [2.05, 4.69) is 172 Å². The van der Waals surface area contributed by atoms with Crippen LogP contribution < -0.4 is 16.4 Å². The van der Waals surface area contributed by atoms with Crippen molar-refractivity contribution in [2.24, 2.45) is 0 Å². The van der Waals surface area contributed by atoms with Crippen molar-refractivity contribution in [2.75, 3.05) is 0 Å². The predicted molar refractivity (Wildman–Crippen MR) is 208 cm³/mol. The summed E-state index contributed by atoms with van der Waals surface area (Å²) in [5.74, 6) is 0. The lowest BCUT2D eigenvalue weighted by Gasteiger charge is -2.30. The van der Waals surface area contributed by atoms with Gasteiger partial charge in [0.15, 0.2) is 0 Å². The first-order valence-corrected chi connectivity index (χ1v) is 17.0. The molecule has 0 aliphatic rings. The molecule has 0 amide bonds. The van der Waals surface area contributed by atoms with Gasteiger partial charge in [0.2, 0.25) is 6.71 Å². The van der Waals surface area contributed by atoms with E-state index in [1.165, 1.54) is 105 Å². The molecule has 0 bridgehead atoms. The van der Waals surface area contributed by atoms with Crippen LogP contribution in [0.1, 0.15) is 55.6 Å². The van der Waals surface area contributed by atoms with Crippen molar-refractivity contribution >= 4 is 23.1 Å². The van der Waals surface area contributed by atoms with Crippen molar-refractivity contribution in [1.29, 1.82) is 0 Å². The van der Waals surface area contributed by atoms with Gasteiger partial charge in [0.05, 0.1) is 0 Å². The molecule has 0 fully saturated rings. The molecule has 0 aliphatic carbocycles. The number of aryl methyl sites for hydroxylation is 2. The monoisotopic (exact) mass is 610 g/mol. The van der Waals surface area contributed by atoms with Crippen LogP contribution in [0.5, 0.6) is 0 Å². The largest absolute Gasteiger partial charge is 0.242 e. The van der Waals surface area contributed by atoms with E-state index < -0.39 is 0 Å². The Balaban J connectivity index is 1.69. The van der Waals surface area contributed by atoms with Crippen LogP contribution in [0.2, 0.25) is 0 Å². The molecule has 0 saturated carbocycles. The van der Waals surface area contributed by atoms with Crippen LogP contribution in [-0.2, 0) is 0 Å². The molecule has 6 aromatic carbocycles. The third-order valence-corrected chi connectivity index (χ3v) is 11.1. The summed E-state index contributed by atoms with van der Waals surface area (Å²) in [6.45, 7) is 23.4. The minimum atomic E-state index is 0.0988. The standard InChI is InChI=1S/C46H47B/c1-28-26-41(30(3)32(5)43(28)38-20-14-11-15-21-38)47(42-27-29(2)44(33(6)31(42)4)39-22-16-12-17-23-39)46-36(9)34(7)45(35(8)37(46)10)40-24-18-13-19-25-40/h11-27H,1-10H3. The Labute approximate surface area is 283 Å². The average Bonchev–Trinajstić information content (AvgIpc) is 3.07. The van der Waals surface area contributed by atoms with Crippen LogP contribution in [-0.4, -0.2) is 6.71 Å². The fraction of sp³-hybridized carbons (Fsp3) is 0.217. The number of hydrogen-bond donors (Lipinski definition) is 0. The van der Waals surface area contributed by atoms with Crippen molar-refractivity contribution in [3.05, 3.63) is 159 Å². The summed E-state index contributed by atoms with van der Waals surface area (Å²) in [5, 5.41) is 0. The molecular weight excluding hydrogens is 563 g/mol. The lowest BCUT2D eigenvalue weighted by molar-refractivity contribution is 1.26. The highest BCUT2D eigenvalue weighted by Gasteiger charge is 2.33. The van der Waals surface area contributed by atoms with Crippen LogP contribution in [0, 0.1) is 69.2 Å². The smallest absolute Gasteiger partial charge is 0.0652 e. The molecule has 1 heteroatoms. The van der Waals surface area contributed by atoms with E-state index in [9.17, 15) is 0 Å². The Hall–Kier alpha value is -4.62. The van der Waals surface area contributed by atoms with Gasteiger partial charge in [-0.15, -0.1) is 0 Å². The minimum Gasteiger partial charge on any atom is -0.0652 e. The van der Waals surface area contributed by atoms with Gasteiger partial charge in [-0.1, -0.05) is 142 Å². The SMILES string of the molecule is Cc1cc(B(c2cc(C)c(-c3ccccc3)c(C)c2C)c2c(C)c(C)c(-c3ccccc3)c(C)c2C)c(C)c(C)c1-c1ccccc1. The Morgan fingerprint density at radius 1 is 0.319 bits per heavy atom. The van der Waals surface area contributed by atoms with E-state index >= 15 is 0 Å². The zero-order chi connectivity index (χ0) is 33.6. The zero-order valence-electron chi connectivity index (χ0n) is 29.9. The molecular formula is C46H47B. The zero-order valence-corrected chi connectivity index (χ0v) is 29.9. The summed E-state index contributed by atoms with van der Waals surface area (Å²) >= 11 is 0. The molecule has 0 unspecified atom stereocenters. The lowest BCUT2D eigenvalue weighted by Crippen LogP contribution is -2.56. The second kappa shape index (κ2) is 12.9. The summed E-state index contributed by atoms with van der Waals surface area (Å²) in [5.41, 5.74) is 25.9. The Kier molecular flexibility index (Phi) is 8.86. The third-order valence-electron chi connectivity index (χ3n) is 11.1. The molecule has 0 heterocycles. The molecule has 0 saturated heterocycles. The predicted octanol–water partition coefficient (Wildman–Crippen LogP) is 10.3. The first-order valence-electron chi connectivity index (χ1n) is 17.0. The van der Waals surface area contributed by atoms with Crippen LogP contribution >= 0.6 is 0 Å². The first kappa shape index (κ1) is 32.3. The first-order chi connectivity index (χ1) is 22.5. The maximum atomic E-state index is 2.50. The summed E-state index contributed by atoms with van der Waals surface area (Å²) in [6.07, 6.45) is 0. The molecule has 0 aromatic heterocycles. The third kappa shape index (κ3) is 5.57. The number of hydrogen-bond acceptors (Lipinski definition) is 0. The van der Waals surface area contributed by atoms with Gasteiger partial charge < -0.3 is 0 Å². The van der Waals surface area contributed by atoms with Gasteiger partial charge in [-0.25, -0.2) is 0 Å². The van der Waals surface area contributed by atoms with Crippen molar-refractivity contribution < 1.29 is 0 Å². The maximum absolute atomic E-state index is 2.50. The van der Waals surface area contributed by atoms with Crippen molar-refractivity contribution in [1.82, 2.24) is 0 Å². The molecule has 0 radical (unpaired) electrons. The number of benzene rings is 6. The highest BCUT2D eigenvalue weighted by atomic mass is 14.2. The van der Waals surface area contributed by atoms with E-state index in [0.29, 0.717) is 0 Å². The van der Waals surface area contributed by atoms with Gasteiger partial charge in [0.1, 0.15) is 0 Å². The quantitative estimate of drug-likeness (QED) is 0.165. The topological polar surface area (TPSA) is 0 Å². The Bertz CT molecular complexity index is 1970. The van der Waals surface area contributed by atoms with E-state index in [1.54, 1.807) is 0 Å². The van der Waals surface area contributed by atoms with Crippen molar-refractivity contribution in [3.63, 3.8) is 0 Å². The van der Waals surface area contributed by atoms with Crippen LogP contribution in [0.15, 0.2) is 103 Å². The fourth-order valence-corrected chi connectivity index (χ4v) is 8.22. The lowest BCUT2D eigenvalue weighted by atomic mass is 9.33. The molecule has 0 nitrogen and oxygen atoms in total. The molecule has 6 rings (SSSR count). The summed E-state index contributed by atoms with van der Waals surface area (Å²) in [6, 6.07) is 37.7. The van der Waals surface area contributed by atoms with Crippen LogP contribution in [0.3, 0.4) is 0 Å². The van der Waals surface area contributed by atoms with Crippen LogP contribution in [0.4, 0.5) is 0 Å². The second-order valence-corrected chi connectivity index (χ2v) is 13.6. The Morgan fingerprint density at radius 3 is 0.957 bits per heavy atom. The number of rotatable bonds is 6. The summed E-state index contributed by atoms with van der Waals surface area (Å²) < 4.78 is 0. The molecule has 0 aliphatic heterocycles. The van der Waals surface area contributed by atoms with Crippen LogP contribution in [0.25, 0.3) is 33.4 Å². The van der Waals surface area contributed by atoms with E-state index in [-0.39, 0.29) is 6.71 Å². The van der Waals surface area contributed by atoms with Crippen molar-refractivity contribution in [2.45, 2.75) is 69.2 Å².